The molecule has 0 saturated carbocycles. The molecule has 14 heavy (non-hydrogen) atoms. The fraction of sp³-hybridized carbons (Fsp3) is 0.143. The Morgan fingerprint density at radius 3 is 2.21 bits per heavy atom. The first-order chi connectivity index (χ1) is 5.91. The maximum absolute atomic E-state index is 11.9. The number of aromatic nitrogens is 1. The minimum atomic E-state index is -4.50. The Hall–Kier alpha value is 0.0464. The fourth-order valence-electron chi connectivity index (χ4n) is 0.682. The molecule has 0 unspecified atom stereocenters. The zero-order valence-electron chi connectivity index (χ0n) is 7.13. The number of carboxylic acid groups (broad SMARTS) is 1. The molecule has 0 bridgehead atoms. The van der Waals surface area contributed by atoms with Gasteiger partial charge in [0, 0.05) is 6.20 Å². The molecular formula is C7H3F3KNO2. The van der Waals surface area contributed by atoms with Crippen LogP contribution in [0.3, 0.4) is 0 Å². The molecule has 1 heterocycles. The van der Waals surface area contributed by atoms with Crippen LogP contribution in [0.5, 0.6) is 0 Å². The van der Waals surface area contributed by atoms with E-state index < -0.39 is 23.4 Å². The first-order valence-electron chi connectivity index (χ1n) is 3.16. The van der Waals surface area contributed by atoms with Crippen molar-refractivity contribution in [1.82, 2.24) is 4.98 Å². The summed E-state index contributed by atoms with van der Waals surface area (Å²) < 4.78 is 35.8. The number of carbonyl (C=O) groups is 1. The first kappa shape index (κ1) is 14.0. The number of carboxylic acids is 1. The Balaban J connectivity index is 0.00000169. The third kappa shape index (κ3) is 3.66. The van der Waals surface area contributed by atoms with Crippen molar-refractivity contribution in [2.24, 2.45) is 0 Å². The van der Waals surface area contributed by atoms with Gasteiger partial charge in [-0.2, -0.15) is 13.2 Å². The van der Waals surface area contributed by atoms with Crippen LogP contribution in [0.1, 0.15) is 16.1 Å². The van der Waals surface area contributed by atoms with Crippen LogP contribution in [0.4, 0.5) is 13.2 Å². The van der Waals surface area contributed by atoms with Gasteiger partial charge in [-0.25, -0.2) is 0 Å². The van der Waals surface area contributed by atoms with Gasteiger partial charge < -0.3 is 9.90 Å². The monoisotopic (exact) mass is 229 g/mol. The molecule has 7 heteroatoms. The van der Waals surface area contributed by atoms with Crippen LogP contribution in [-0.2, 0) is 6.18 Å². The first-order valence-corrected chi connectivity index (χ1v) is 3.16. The summed E-state index contributed by atoms with van der Waals surface area (Å²) in [7, 11) is 0. The molecule has 70 valence electrons. The molecule has 0 radical (unpaired) electrons. The van der Waals surface area contributed by atoms with Crippen molar-refractivity contribution in [3.05, 3.63) is 29.6 Å². The summed E-state index contributed by atoms with van der Waals surface area (Å²) in [6, 6.07) is 1.39. The second-order valence-electron chi connectivity index (χ2n) is 2.22. The molecule has 1 rings (SSSR count). The summed E-state index contributed by atoms with van der Waals surface area (Å²) in [6.07, 6.45) is -4.05. The van der Waals surface area contributed by atoms with Crippen molar-refractivity contribution in [2.45, 2.75) is 6.18 Å². The van der Waals surface area contributed by atoms with Crippen LogP contribution in [0.2, 0.25) is 0 Å². The van der Waals surface area contributed by atoms with Crippen molar-refractivity contribution in [2.75, 3.05) is 0 Å². The van der Waals surface area contributed by atoms with E-state index in [9.17, 15) is 23.1 Å². The summed E-state index contributed by atoms with van der Waals surface area (Å²) in [4.78, 5) is 13.2. The van der Waals surface area contributed by atoms with E-state index in [0.29, 0.717) is 12.3 Å². The Morgan fingerprint density at radius 1 is 1.36 bits per heavy atom. The Labute approximate surface area is 120 Å². The molecule has 1 aromatic heterocycles. The van der Waals surface area contributed by atoms with E-state index in [2.05, 4.69) is 4.98 Å². The van der Waals surface area contributed by atoms with Crippen LogP contribution in [0.25, 0.3) is 0 Å². The number of pyridine rings is 1. The Kier molecular flexibility index (Phi) is 5.24. The van der Waals surface area contributed by atoms with Crippen molar-refractivity contribution in [1.29, 1.82) is 0 Å². The maximum atomic E-state index is 11.9. The van der Waals surface area contributed by atoms with E-state index in [-0.39, 0.29) is 51.4 Å². The van der Waals surface area contributed by atoms with Gasteiger partial charge in [0.05, 0.1) is 17.2 Å². The molecule has 0 saturated heterocycles. The van der Waals surface area contributed by atoms with Crippen LogP contribution in [0.15, 0.2) is 18.3 Å². The number of halogens is 3. The van der Waals surface area contributed by atoms with E-state index in [4.69, 9.17) is 0 Å². The summed E-state index contributed by atoms with van der Waals surface area (Å²) in [6.45, 7) is 0. The number of hydrogen-bond donors (Lipinski definition) is 0. The van der Waals surface area contributed by atoms with Gasteiger partial charge in [-0.05, 0) is 12.1 Å². The van der Waals surface area contributed by atoms with E-state index in [0.717, 1.165) is 6.07 Å². The topological polar surface area (TPSA) is 53.0 Å². The molecule has 0 fully saturated rings. The molecule has 0 aliphatic rings. The molecule has 0 aliphatic heterocycles. The van der Waals surface area contributed by atoms with Gasteiger partial charge >= 0.3 is 57.6 Å². The van der Waals surface area contributed by atoms with E-state index in [1.807, 2.05) is 0 Å². The van der Waals surface area contributed by atoms with E-state index in [1.165, 1.54) is 0 Å². The standard InChI is InChI=1S/C7H4F3NO2.K/c8-7(9,10)4-1-2-5(6(12)13)11-3-4;/h1-3H,(H,12,13);/q;+1/p-1. The largest absolute Gasteiger partial charge is 1.00 e. The zero-order chi connectivity index (χ0) is 10.1. The molecule has 0 aromatic carbocycles. The molecule has 0 spiro atoms. The molecule has 3 nitrogen and oxygen atoms in total. The minimum Gasteiger partial charge on any atom is -0.543 e. The molecule has 0 atom stereocenters. The second-order valence-corrected chi connectivity index (χ2v) is 2.22. The summed E-state index contributed by atoms with van der Waals surface area (Å²) >= 11 is 0. The predicted octanol–water partition coefficient (Wildman–Crippen LogP) is -2.53. The average Bonchev–Trinajstić information content (AvgIpc) is 2.03. The summed E-state index contributed by atoms with van der Waals surface area (Å²) in [5.74, 6) is -1.60. The van der Waals surface area contributed by atoms with Gasteiger partial charge in [-0.1, -0.05) is 0 Å². The number of rotatable bonds is 1. The Bertz CT molecular complexity index is 323. The molecule has 0 N–H and O–H groups in total. The van der Waals surface area contributed by atoms with Gasteiger partial charge in [0.15, 0.2) is 0 Å². The van der Waals surface area contributed by atoms with E-state index in [1.54, 1.807) is 0 Å². The van der Waals surface area contributed by atoms with Crippen molar-refractivity contribution >= 4 is 5.97 Å². The fourth-order valence-corrected chi connectivity index (χ4v) is 0.682. The molecule has 1 aromatic rings. The van der Waals surface area contributed by atoms with Gasteiger partial charge in [0.25, 0.3) is 0 Å². The van der Waals surface area contributed by atoms with Crippen molar-refractivity contribution < 1.29 is 74.5 Å². The molecule has 0 aliphatic carbocycles. The predicted molar refractivity (Wildman–Crippen MR) is 33.6 cm³/mol. The zero-order valence-corrected chi connectivity index (χ0v) is 10.3. The number of hydrogen-bond acceptors (Lipinski definition) is 3. The smallest absolute Gasteiger partial charge is 0.543 e. The normalized spacial score (nSPS) is 10.5. The second kappa shape index (κ2) is 5.22. The number of nitrogens with zero attached hydrogens (tertiary/aromatic N) is 1. The van der Waals surface area contributed by atoms with Gasteiger partial charge in [-0.3, -0.25) is 4.98 Å². The SMILES string of the molecule is O=C([O-])c1ccc(C(F)(F)F)cn1.[K+]. The van der Waals surface area contributed by atoms with Crippen LogP contribution < -0.4 is 56.5 Å². The molecule has 0 amide bonds. The summed E-state index contributed by atoms with van der Waals surface area (Å²) in [5.41, 5.74) is -1.51. The average molecular weight is 229 g/mol. The minimum absolute atomic E-state index is 0. The third-order valence-electron chi connectivity index (χ3n) is 1.30. The van der Waals surface area contributed by atoms with Crippen LogP contribution in [0, 0.1) is 0 Å². The van der Waals surface area contributed by atoms with Gasteiger partial charge in [0.1, 0.15) is 0 Å². The quantitative estimate of drug-likeness (QED) is 0.499. The Morgan fingerprint density at radius 2 is 1.93 bits per heavy atom. The van der Waals surface area contributed by atoms with Crippen LogP contribution in [-0.4, -0.2) is 11.0 Å². The van der Waals surface area contributed by atoms with Gasteiger partial charge in [0.2, 0.25) is 0 Å². The maximum Gasteiger partial charge on any atom is 1.00 e. The summed E-state index contributed by atoms with van der Waals surface area (Å²) in [5, 5.41) is 10.1. The molecular weight excluding hydrogens is 226 g/mol. The van der Waals surface area contributed by atoms with Crippen molar-refractivity contribution in [3.63, 3.8) is 0 Å². The number of alkyl halides is 3. The van der Waals surface area contributed by atoms with E-state index >= 15 is 0 Å². The van der Waals surface area contributed by atoms with Crippen LogP contribution >= 0.6 is 0 Å². The third-order valence-corrected chi connectivity index (χ3v) is 1.30. The van der Waals surface area contributed by atoms with Crippen molar-refractivity contribution in [3.8, 4) is 0 Å². The number of aromatic carboxylic acids is 1. The number of carbonyl (C=O) groups excluding carboxylic acids is 1. The van der Waals surface area contributed by atoms with Gasteiger partial charge in [-0.15, -0.1) is 0 Å².